The number of carbonyl (C=O) groups excluding carboxylic acids is 1. The molecular formula is C19H17NO6. The molecule has 2 aromatic carbocycles. The number of nitrogens with zero attached hydrogens (tertiary/aromatic N) is 1. The van der Waals surface area contributed by atoms with Gasteiger partial charge in [0, 0.05) is 18.6 Å². The zero-order chi connectivity index (χ0) is 18.7. The van der Waals surface area contributed by atoms with Gasteiger partial charge in [-0.25, -0.2) is 4.79 Å². The van der Waals surface area contributed by atoms with Crippen molar-refractivity contribution < 1.29 is 24.3 Å². The van der Waals surface area contributed by atoms with Gasteiger partial charge in [0.15, 0.2) is 0 Å². The van der Waals surface area contributed by atoms with E-state index in [2.05, 4.69) is 0 Å². The van der Waals surface area contributed by atoms with Crippen LogP contribution in [0.25, 0.3) is 0 Å². The Hall–Kier alpha value is -3.19. The van der Waals surface area contributed by atoms with Gasteiger partial charge in [0.05, 0.1) is 18.1 Å². The van der Waals surface area contributed by atoms with Crippen molar-refractivity contribution in [3.63, 3.8) is 0 Å². The number of rotatable bonds is 4. The Balaban J connectivity index is 2.01. The second-order valence-corrected chi connectivity index (χ2v) is 5.82. The van der Waals surface area contributed by atoms with Gasteiger partial charge >= 0.3 is 5.97 Å². The highest BCUT2D eigenvalue weighted by Crippen LogP contribution is 2.42. The molecule has 134 valence electrons. The minimum atomic E-state index is -0.887. The summed E-state index contributed by atoms with van der Waals surface area (Å²) in [6.45, 7) is 0. The first kappa shape index (κ1) is 17.6. The fourth-order valence-corrected chi connectivity index (χ4v) is 2.93. The Morgan fingerprint density at radius 1 is 1.15 bits per heavy atom. The first-order valence-electron chi connectivity index (χ1n) is 7.96. The number of benzene rings is 2. The molecule has 7 heteroatoms. The molecule has 1 aliphatic heterocycles. The van der Waals surface area contributed by atoms with Gasteiger partial charge in [-0.3, -0.25) is 10.1 Å². The minimum Gasteiger partial charge on any atom is -0.512 e. The summed E-state index contributed by atoms with van der Waals surface area (Å²) in [5.41, 5.74) is 1.31. The molecule has 2 aromatic rings. The van der Waals surface area contributed by atoms with E-state index in [0.717, 1.165) is 5.56 Å². The highest BCUT2D eigenvalue weighted by Gasteiger charge is 2.36. The van der Waals surface area contributed by atoms with Crippen LogP contribution in [0, 0.1) is 10.1 Å². The van der Waals surface area contributed by atoms with Gasteiger partial charge in [-0.1, -0.05) is 30.3 Å². The van der Waals surface area contributed by atoms with Crippen LogP contribution in [0.3, 0.4) is 0 Å². The van der Waals surface area contributed by atoms with Crippen molar-refractivity contribution in [3.05, 3.63) is 87.2 Å². The standard InChI is InChI=1S/C19H17NO6/c1-25-19(22)17-15(21)11-16(12-5-3-2-4-6-12)26-18(17)13-7-9-14(10-8-13)20(23)24/h2-10,16,18,21H,11H2,1H3/t16-,18+/m1/s1. The number of methoxy groups -OCH3 is 1. The van der Waals surface area contributed by atoms with Gasteiger partial charge in [0.2, 0.25) is 0 Å². The van der Waals surface area contributed by atoms with E-state index < -0.39 is 23.1 Å². The lowest BCUT2D eigenvalue weighted by Crippen LogP contribution is -2.25. The van der Waals surface area contributed by atoms with Crippen LogP contribution in [0.4, 0.5) is 5.69 Å². The highest BCUT2D eigenvalue weighted by molar-refractivity contribution is 5.90. The quantitative estimate of drug-likeness (QED) is 0.509. The number of nitro benzene ring substituents is 1. The molecule has 0 saturated carbocycles. The van der Waals surface area contributed by atoms with Crippen molar-refractivity contribution in [1.29, 1.82) is 0 Å². The largest absolute Gasteiger partial charge is 0.512 e. The maximum Gasteiger partial charge on any atom is 0.340 e. The molecule has 0 radical (unpaired) electrons. The van der Waals surface area contributed by atoms with E-state index in [1.165, 1.54) is 31.4 Å². The molecule has 0 saturated heterocycles. The average molecular weight is 355 g/mol. The summed E-state index contributed by atoms with van der Waals surface area (Å²) in [6.07, 6.45) is -1.20. The molecule has 26 heavy (non-hydrogen) atoms. The molecule has 0 aliphatic carbocycles. The lowest BCUT2D eigenvalue weighted by molar-refractivity contribution is -0.384. The Kier molecular flexibility index (Phi) is 4.99. The van der Waals surface area contributed by atoms with Gasteiger partial charge in [-0.15, -0.1) is 0 Å². The number of aliphatic hydroxyl groups is 1. The highest BCUT2D eigenvalue weighted by atomic mass is 16.6. The van der Waals surface area contributed by atoms with Crippen LogP contribution in [0.5, 0.6) is 0 Å². The third kappa shape index (κ3) is 3.43. The molecule has 7 nitrogen and oxygen atoms in total. The van der Waals surface area contributed by atoms with Crippen LogP contribution in [0.2, 0.25) is 0 Å². The molecule has 0 aromatic heterocycles. The Morgan fingerprint density at radius 3 is 2.38 bits per heavy atom. The van der Waals surface area contributed by atoms with Gasteiger partial charge < -0.3 is 14.6 Å². The first-order valence-corrected chi connectivity index (χ1v) is 7.96. The van der Waals surface area contributed by atoms with Gasteiger partial charge in [0.1, 0.15) is 17.4 Å². The number of nitro groups is 1. The van der Waals surface area contributed by atoms with Crippen molar-refractivity contribution in [3.8, 4) is 0 Å². The molecule has 1 aliphatic rings. The van der Waals surface area contributed by atoms with Crippen LogP contribution in [0.1, 0.15) is 29.8 Å². The SMILES string of the molecule is COC(=O)C1=C(O)C[C@H](c2ccccc2)O[C@H]1c1ccc([N+](=O)[O-])cc1. The van der Waals surface area contributed by atoms with E-state index in [-0.39, 0.29) is 23.4 Å². The maximum atomic E-state index is 12.2. The number of ether oxygens (including phenoxy) is 2. The lowest BCUT2D eigenvalue weighted by Gasteiger charge is -2.31. The predicted molar refractivity (Wildman–Crippen MR) is 92.4 cm³/mol. The molecule has 1 N–H and O–H groups in total. The molecule has 3 rings (SSSR count). The van der Waals surface area contributed by atoms with E-state index in [1.807, 2.05) is 30.3 Å². The molecule has 0 amide bonds. The number of hydrogen-bond donors (Lipinski definition) is 1. The number of hydrogen-bond acceptors (Lipinski definition) is 6. The third-order valence-electron chi connectivity index (χ3n) is 4.24. The third-order valence-corrected chi connectivity index (χ3v) is 4.24. The zero-order valence-corrected chi connectivity index (χ0v) is 14.0. The second-order valence-electron chi connectivity index (χ2n) is 5.82. The summed E-state index contributed by atoms with van der Waals surface area (Å²) in [6, 6.07) is 15.0. The van der Waals surface area contributed by atoms with Gasteiger partial charge in [-0.2, -0.15) is 0 Å². The normalized spacial score (nSPS) is 19.9. The van der Waals surface area contributed by atoms with Crippen LogP contribution >= 0.6 is 0 Å². The van der Waals surface area contributed by atoms with Crippen molar-refractivity contribution in [2.24, 2.45) is 0 Å². The van der Waals surface area contributed by atoms with E-state index in [9.17, 15) is 20.0 Å². The number of carbonyl (C=O) groups is 1. The molecule has 1 heterocycles. The van der Waals surface area contributed by atoms with Gasteiger partial charge in [0.25, 0.3) is 5.69 Å². The van der Waals surface area contributed by atoms with E-state index in [4.69, 9.17) is 9.47 Å². The topological polar surface area (TPSA) is 98.9 Å². The summed E-state index contributed by atoms with van der Waals surface area (Å²) >= 11 is 0. The van der Waals surface area contributed by atoms with E-state index in [1.54, 1.807) is 0 Å². The molecule has 0 unspecified atom stereocenters. The molecular weight excluding hydrogens is 338 g/mol. The van der Waals surface area contributed by atoms with E-state index in [0.29, 0.717) is 5.56 Å². The fraction of sp³-hybridized carbons (Fsp3) is 0.211. The first-order chi connectivity index (χ1) is 12.5. The average Bonchev–Trinajstić information content (AvgIpc) is 2.67. The number of esters is 1. The Bertz CT molecular complexity index is 844. The number of non-ortho nitro benzene ring substituents is 1. The van der Waals surface area contributed by atoms with Crippen LogP contribution in [-0.4, -0.2) is 23.1 Å². The van der Waals surface area contributed by atoms with Crippen molar-refractivity contribution in [1.82, 2.24) is 0 Å². The Labute approximate surface area is 149 Å². The van der Waals surface area contributed by atoms with Crippen LogP contribution in [0.15, 0.2) is 65.9 Å². The van der Waals surface area contributed by atoms with Crippen LogP contribution in [-0.2, 0) is 14.3 Å². The summed E-state index contributed by atoms with van der Waals surface area (Å²) < 4.78 is 10.8. The summed E-state index contributed by atoms with van der Waals surface area (Å²) in [5.74, 6) is -0.808. The molecule has 0 bridgehead atoms. The lowest BCUT2D eigenvalue weighted by atomic mass is 9.92. The summed E-state index contributed by atoms with van der Waals surface area (Å²) in [4.78, 5) is 22.5. The number of aliphatic hydroxyl groups excluding tert-OH is 1. The monoisotopic (exact) mass is 355 g/mol. The minimum absolute atomic E-state index is 0.00790. The second kappa shape index (κ2) is 7.37. The van der Waals surface area contributed by atoms with E-state index >= 15 is 0 Å². The Morgan fingerprint density at radius 2 is 1.81 bits per heavy atom. The summed E-state index contributed by atoms with van der Waals surface area (Å²) in [5, 5.41) is 21.3. The van der Waals surface area contributed by atoms with Crippen molar-refractivity contribution in [2.45, 2.75) is 18.6 Å². The smallest absolute Gasteiger partial charge is 0.340 e. The van der Waals surface area contributed by atoms with Crippen molar-refractivity contribution >= 4 is 11.7 Å². The zero-order valence-electron chi connectivity index (χ0n) is 14.0. The molecule has 0 spiro atoms. The maximum absolute atomic E-state index is 12.2. The van der Waals surface area contributed by atoms with Gasteiger partial charge in [-0.05, 0) is 23.3 Å². The summed E-state index contributed by atoms with van der Waals surface area (Å²) in [7, 11) is 1.22. The van der Waals surface area contributed by atoms with Crippen LogP contribution < -0.4 is 0 Å². The fourth-order valence-electron chi connectivity index (χ4n) is 2.93. The predicted octanol–water partition coefficient (Wildman–Crippen LogP) is 3.78. The molecule has 0 fully saturated rings. The van der Waals surface area contributed by atoms with Crippen molar-refractivity contribution in [2.75, 3.05) is 7.11 Å². The molecule has 2 atom stereocenters.